The Morgan fingerprint density at radius 2 is 2.24 bits per heavy atom. The summed E-state index contributed by atoms with van der Waals surface area (Å²) in [6, 6.07) is 4.54. The molecule has 0 atom stereocenters. The molecule has 2 rings (SSSR count). The van der Waals surface area contributed by atoms with Gasteiger partial charge in [0.25, 0.3) is 0 Å². The van der Waals surface area contributed by atoms with Crippen LogP contribution >= 0.6 is 27.3 Å². The summed E-state index contributed by atoms with van der Waals surface area (Å²) in [7, 11) is 0. The fourth-order valence-corrected chi connectivity index (χ4v) is 3.56. The molecule has 0 bridgehead atoms. The first kappa shape index (κ1) is 13.1. The summed E-state index contributed by atoms with van der Waals surface area (Å²) < 4.78 is 0. The van der Waals surface area contributed by atoms with Crippen LogP contribution in [0, 0.1) is 0 Å². The summed E-state index contributed by atoms with van der Waals surface area (Å²) in [6.07, 6.45) is 5.49. The van der Waals surface area contributed by atoms with Crippen LogP contribution in [0.3, 0.4) is 0 Å². The quantitative estimate of drug-likeness (QED) is 0.762. The van der Waals surface area contributed by atoms with Gasteiger partial charge in [-0.15, -0.1) is 11.3 Å². The highest BCUT2D eigenvalue weighted by Crippen LogP contribution is 2.24. The molecule has 1 heterocycles. The van der Waals surface area contributed by atoms with Crippen molar-refractivity contribution < 1.29 is 4.79 Å². The molecule has 0 aromatic carbocycles. The minimum Gasteiger partial charge on any atom is -0.339 e. The van der Waals surface area contributed by atoms with Crippen LogP contribution in [0.15, 0.2) is 17.5 Å². The van der Waals surface area contributed by atoms with E-state index in [0.717, 1.165) is 11.9 Å². The Hall–Kier alpha value is -0.350. The molecule has 2 nitrogen and oxygen atoms in total. The molecule has 94 valence electrons. The Kier molecular flexibility index (Phi) is 5.04. The van der Waals surface area contributed by atoms with Gasteiger partial charge in [-0.3, -0.25) is 4.79 Å². The molecule has 0 aliphatic heterocycles. The molecule has 1 amide bonds. The van der Waals surface area contributed by atoms with E-state index in [-0.39, 0.29) is 0 Å². The van der Waals surface area contributed by atoms with Crippen LogP contribution in [0.5, 0.6) is 0 Å². The number of thiophene rings is 1. The Bertz CT molecular complexity index is 346. The monoisotopic (exact) mass is 315 g/mol. The molecule has 1 aliphatic rings. The number of nitrogens with zero attached hydrogens (tertiary/aromatic N) is 1. The van der Waals surface area contributed by atoms with Gasteiger partial charge in [0.05, 0.1) is 6.42 Å². The number of hydrogen-bond donors (Lipinski definition) is 0. The highest BCUT2D eigenvalue weighted by atomic mass is 79.9. The Morgan fingerprint density at radius 3 is 2.82 bits per heavy atom. The molecule has 1 aromatic heterocycles. The first-order valence-electron chi connectivity index (χ1n) is 6.19. The zero-order valence-corrected chi connectivity index (χ0v) is 12.3. The molecular weight excluding hydrogens is 298 g/mol. The van der Waals surface area contributed by atoms with E-state index >= 15 is 0 Å². The Balaban J connectivity index is 1.97. The lowest BCUT2D eigenvalue weighted by Crippen LogP contribution is -2.40. The minimum absolute atomic E-state index is 0.291. The van der Waals surface area contributed by atoms with Crippen LogP contribution in [0.2, 0.25) is 0 Å². The lowest BCUT2D eigenvalue weighted by atomic mass is 10.2. The van der Waals surface area contributed by atoms with Crippen LogP contribution in [0.4, 0.5) is 0 Å². The minimum atomic E-state index is 0.291. The van der Waals surface area contributed by atoms with E-state index in [9.17, 15) is 4.79 Å². The number of hydrogen-bond acceptors (Lipinski definition) is 2. The number of halogens is 1. The van der Waals surface area contributed by atoms with Crippen molar-refractivity contribution in [3.8, 4) is 0 Å². The first-order valence-corrected chi connectivity index (χ1v) is 8.19. The van der Waals surface area contributed by atoms with Crippen molar-refractivity contribution in [3.05, 3.63) is 22.4 Å². The van der Waals surface area contributed by atoms with E-state index in [1.54, 1.807) is 11.3 Å². The molecule has 1 aromatic rings. The predicted octanol–water partition coefficient (Wildman–Crippen LogP) is 3.46. The van der Waals surface area contributed by atoms with Crippen LogP contribution < -0.4 is 0 Å². The lowest BCUT2D eigenvalue weighted by Gasteiger charge is -2.28. The van der Waals surface area contributed by atoms with Gasteiger partial charge in [0, 0.05) is 22.8 Å². The molecular formula is C13H18BrNOS. The van der Waals surface area contributed by atoms with Crippen molar-refractivity contribution in [1.82, 2.24) is 4.90 Å². The maximum absolute atomic E-state index is 12.3. The third-order valence-corrected chi connectivity index (χ3v) is 4.55. The molecule has 1 fully saturated rings. The van der Waals surface area contributed by atoms with Gasteiger partial charge in [-0.05, 0) is 24.3 Å². The van der Waals surface area contributed by atoms with Crippen LogP contribution in [0.1, 0.15) is 30.6 Å². The highest BCUT2D eigenvalue weighted by Gasteiger charge is 2.26. The SMILES string of the molecule is O=C(Cc1cccs1)N(CCBr)C1CCCC1. The normalized spacial score (nSPS) is 16.3. The van der Waals surface area contributed by atoms with Crippen molar-refractivity contribution >= 4 is 33.2 Å². The van der Waals surface area contributed by atoms with Crippen molar-refractivity contribution in [3.63, 3.8) is 0 Å². The molecule has 0 unspecified atom stereocenters. The fourth-order valence-electron chi connectivity index (χ4n) is 2.48. The summed E-state index contributed by atoms with van der Waals surface area (Å²) in [5, 5.41) is 2.91. The van der Waals surface area contributed by atoms with Crippen LogP contribution in [0.25, 0.3) is 0 Å². The van der Waals surface area contributed by atoms with E-state index in [4.69, 9.17) is 0 Å². The van der Waals surface area contributed by atoms with Crippen LogP contribution in [-0.4, -0.2) is 28.7 Å². The van der Waals surface area contributed by atoms with Gasteiger partial charge in [-0.25, -0.2) is 0 Å². The van der Waals surface area contributed by atoms with Gasteiger partial charge >= 0.3 is 0 Å². The van der Waals surface area contributed by atoms with Gasteiger partial charge in [0.1, 0.15) is 0 Å². The van der Waals surface area contributed by atoms with Crippen molar-refractivity contribution in [2.45, 2.75) is 38.1 Å². The molecule has 17 heavy (non-hydrogen) atoms. The second kappa shape index (κ2) is 6.55. The number of carbonyl (C=O) groups is 1. The maximum Gasteiger partial charge on any atom is 0.228 e. The summed E-state index contributed by atoms with van der Waals surface area (Å²) >= 11 is 5.12. The summed E-state index contributed by atoms with van der Waals surface area (Å²) in [5.41, 5.74) is 0. The summed E-state index contributed by atoms with van der Waals surface area (Å²) in [4.78, 5) is 15.6. The molecule has 1 saturated carbocycles. The van der Waals surface area contributed by atoms with Gasteiger partial charge in [-0.2, -0.15) is 0 Å². The zero-order valence-electron chi connectivity index (χ0n) is 9.90. The summed E-state index contributed by atoms with van der Waals surface area (Å²) in [6.45, 7) is 0.842. The third kappa shape index (κ3) is 3.55. The van der Waals surface area contributed by atoms with Crippen molar-refractivity contribution in [2.24, 2.45) is 0 Å². The average molecular weight is 316 g/mol. The van der Waals surface area contributed by atoms with E-state index in [0.29, 0.717) is 18.4 Å². The Labute approximate surface area is 115 Å². The van der Waals surface area contributed by atoms with E-state index in [2.05, 4.69) is 20.8 Å². The maximum atomic E-state index is 12.3. The summed E-state index contributed by atoms with van der Waals surface area (Å²) in [5.74, 6) is 0.291. The van der Waals surface area contributed by atoms with E-state index < -0.39 is 0 Å². The standard InChI is InChI=1S/C13H18BrNOS/c14-7-8-15(11-4-1-2-5-11)13(16)10-12-6-3-9-17-12/h3,6,9,11H,1-2,4-5,7-8,10H2. The van der Waals surface area contributed by atoms with Gasteiger partial charge in [-0.1, -0.05) is 34.8 Å². The van der Waals surface area contributed by atoms with E-state index in [1.165, 1.54) is 30.6 Å². The average Bonchev–Trinajstić information content (AvgIpc) is 2.97. The zero-order chi connectivity index (χ0) is 12.1. The first-order chi connectivity index (χ1) is 8.31. The van der Waals surface area contributed by atoms with E-state index in [1.807, 2.05) is 17.5 Å². The van der Waals surface area contributed by atoms with Crippen molar-refractivity contribution in [2.75, 3.05) is 11.9 Å². The number of carbonyl (C=O) groups excluding carboxylic acids is 1. The Morgan fingerprint density at radius 1 is 1.47 bits per heavy atom. The molecule has 4 heteroatoms. The predicted molar refractivity (Wildman–Crippen MR) is 75.8 cm³/mol. The van der Waals surface area contributed by atoms with Gasteiger partial charge in [0.15, 0.2) is 0 Å². The van der Waals surface area contributed by atoms with Gasteiger partial charge < -0.3 is 4.90 Å². The fraction of sp³-hybridized carbons (Fsp3) is 0.615. The molecule has 0 radical (unpaired) electrons. The highest BCUT2D eigenvalue weighted by molar-refractivity contribution is 9.09. The molecule has 1 aliphatic carbocycles. The lowest BCUT2D eigenvalue weighted by molar-refractivity contribution is -0.132. The molecule has 0 spiro atoms. The number of alkyl halides is 1. The smallest absolute Gasteiger partial charge is 0.228 e. The van der Waals surface area contributed by atoms with Gasteiger partial charge in [0.2, 0.25) is 5.91 Å². The van der Waals surface area contributed by atoms with Crippen LogP contribution in [-0.2, 0) is 11.2 Å². The second-order valence-electron chi connectivity index (χ2n) is 4.47. The molecule has 0 saturated heterocycles. The van der Waals surface area contributed by atoms with Crippen molar-refractivity contribution in [1.29, 1.82) is 0 Å². The molecule has 0 N–H and O–H groups in total. The third-order valence-electron chi connectivity index (χ3n) is 3.32. The largest absolute Gasteiger partial charge is 0.339 e. The topological polar surface area (TPSA) is 20.3 Å². The second-order valence-corrected chi connectivity index (χ2v) is 6.30. The number of rotatable bonds is 5. The number of amides is 1.